The number of furan rings is 1. The molecule has 110 valence electrons. The molecule has 3 nitrogen and oxygen atoms in total. The van der Waals surface area contributed by atoms with Crippen LogP contribution in [0.5, 0.6) is 0 Å². The minimum atomic E-state index is 0.216. The van der Waals surface area contributed by atoms with E-state index in [4.69, 9.17) is 4.42 Å². The Morgan fingerprint density at radius 1 is 1.20 bits per heavy atom. The minimum Gasteiger partial charge on any atom is -0.459 e. The monoisotopic (exact) mass is 274 g/mol. The Morgan fingerprint density at radius 2 is 1.90 bits per heavy atom. The van der Waals surface area contributed by atoms with E-state index in [1.165, 1.54) is 5.39 Å². The fourth-order valence-electron chi connectivity index (χ4n) is 2.46. The van der Waals surface area contributed by atoms with E-state index in [0.29, 0.717) is 12.0 Å². The third-order valence-electron chi connectivity index (χ3n) is 4.27. The summed E-state index contributed by atoms with van der Waals surface area (Å²) < 4.78 is 5.97. The standard InChI is InChI=1S/C17H26N2O/c1-12(2)13(3)19(5)11-15(18-4)17-10-14-8-6-7-9-16(14)20-17/h6-10,12-13,15,18H,11H2,1-5H3. The van der Waals surface area contributed by atoms with Crippen LogP contribution >= 0.6 is 0 Å². The molecule has 2 atom stereocenters. The average molecular weight is 274 g/mol. The van der Waals surface area contributed by atoms with Crippen LogP contribution in [0.4, 0.5) is 0 Å². The molecule has 1 heterocycles. The van der Waals surface area contributed by atoms with Gasteiger partial charge in [0.05, 0.1) is 6.04 Å². The lowest BCUT2D eigenvalue weighted by atomic mass is 10.0. The number of rotatable bonds is 6. The molecule has 20 heavy (non-hydrogen) atoms. The molecule has 0 aliphatic carbocycles. The van der Waals surface area contributed by atoms with Gasteiger partial charge in [0.15, 0.2) is 0 Å². The van der Waals surface area contributed by atoms with Crippen molar-refractivity contribution >= 4 is 11.0 Å². The second kappa shape index (κ2) is 6.42. The Kier molecular flexibility index (Phi) is 4.84. The minimum absolute atomic E-state index is 0.216. The molecule has 1 aromatic heterocycles. The second-order valence-corrected chi connectivity index (χ2v) is 5.95. The molecule has 0 saturated carbocycles. The Morgan fingerprint density at radius 3 is 2.50 bits per heavy atom. The summed E-state index contributed by atoms with van der Waals surface area (Å²) >= 11 is 0. The molecule has 2 unspecified atom stereocenters. The van der Waals surface area contributed by atoms with Crippen molar-refractivity contribution in [1.82, 2.24) is 10.2 Å². The SMILES string of the molecule is CNC(CN(C)C(C)C(C)C)c1cc2ccccc2o1. The highest BCUT2D eigenvalue weighted by Gasteiger charge is 2.20. The number of likely N-dealkylation sites (N-methyl/N-ethyl adjacent to an activating group) is 2. The second-order valence-electron chi connectivity index (χ2n) is 5.95. The third-order valence-corrected chi connectivity index (χ3v) is 4.27. The van der Waals surface area contributed by atoms with Crippen molar-refractivity contribution in [2.24, 2.45) is 5.92 Å². The van der Waals surface area contributed by atoms with Crippen LogP contribution < -0.4 is 5.32 Å². The molecular weight excluding hydrogens is 248 g/mol. The van der Waals surface area contributed by atoms with E-state index in [0.717, 1.165) is 17.9 Å². The summed E-state index contributed by atoms with van der Waals surface area (Å²) in [4.78, 5) is 2.39. The van der Waals surface area contributed by atoms with Crippen molar-refractivity contribution in [3.8, 4) is 0 Å². The number of nitrogens with one attached hydrogen (secondary N) is 1. The smallest absolute Gasteiger partial charge is 0.134 e. The van der Waals surface area contributed by atoms with Crippen molar-refractivity contribution in [3.63, 3.8) is 0 Å². The van der Waals surface area contributed by atoms with Gasteiger partial charge in [-0.05, 0) is 39.1 Å². The first-order chi connectivity index (χ1) is 9.52. The van der Waals surface area contributed by atoms with Crippen LogP contribution in [0.15, 0.2) is 34.7 Å². The summed E-state index contributed by atoms with van der Waals surface area (Å²) in [6.45, 7) is 7.74. The van der Waals surface area contributed by atoms with Crippen LogP contribution in [0, 0.1) is 5.92 Å². The van der Waals surface area contributed by atoms with Crippen LogP contribution in [0.2, 0.25) is 0 Å². The molecule has 1 N–H and O–H groups in total. The highest BCUT2D eigenvalue weighted by molar-refractivity contribution is 5.77. The van der Waals surface area contributed by atoms with E-state index in [2.05, 4.69) is 50.2 Å². The van der Waals surface area contributed by atoms with Gasteiger partial charge < -0.3 is 14.6 Å². The van der Waals surface area contributed by atoms with Crippen LogP contribution in [0.1, 0.15) is 32.6 Å². The molecule has 0 saturated heterocycles. The molecule has 0 spiro atoms. The maximum Gasteiger partial charge on any atom is 0.134 e. The van der Waals surface area contributed by atoms with Gasteiger partial charge in [-0.3, -0.25) is 0 Å². The Bertz CT molecular complexity index is 514. The van der Waals surface area contributed by atoms with E-state index in [-0.39, 0.29) is 6.04 Å². The maximum absolute atomic E-state index is 5.97. The van der Waals surface area contributed by atoms with Gasteiger partial charge in [-0.1, -0.05) is 32.0 Å². The Balaban J connectivity index is 2.15. The number of hydrogen-bond acceptors (Lipinski definition) is 3. The topological polar surface area (TPSA) is 28.4 Å². The van der Waals surface area contributed by atoms with Gasteiger partial charge >= 0.3 is 0 Å². The first kappa shape index (κ1) is 15.1. The molecule has 0 bridgehead atoms. The van der Waals surface area contributed by atoms with Gasteiger partial charge in [0.1, 0.15) is 11.3 Å². The largest absolute Gasteiger partial charge is 0.459 e. The average Bonchev–Trinajstić information content (AvgIpc) is 2.86. The quantitative estimate of drug-likeness (QED) is 0.871. The van der Waals surface area contributed by atoms with E-state index in [1.807, 2.05) is 25.2 Å². The number of hydrogen-bond donors (Lipinski definition) is 1. The van der Waals surface area contributed by atoms with Crippen LogP contribution in [0.25, 0.3) is 11.0 Å². The Hall–Kier alpha value is -1.32. The highest BCUT2D eigenvalue weighted by Crippen LogP contribution is 2.24. The van der Waals surface area contributed by atoms with Gasteiger partial charge in [-0.25, -0.2) is 0 Å². The van der Waals surface area contributed by atoms with Gasteiger partial charge in [-0.15, -0.1) is 0 Å². The molecular formula is C17H26N2O. The van der Waals surface area contributed by atoms with Crippen LogP contribution in [0.3, 0.4) is 0 Å². The van der Waals surface area contributed by atoms with Gasteiger partial charge in [-0.2, -0.15) is 0 Å². The predicted molar refractivity (Wildman–Crippen MR) is 84.9 cm³/mol. The summed E-state index contributed by atoms with van der Waals surface area (Å²) in [5.41, 5.74) is 0.960. The normalized spacial score (nSPS) is 15.2. The molecule has 0 fully saturated rings. The summed E-state index contributed by atoms with van der Waals surface area (Å²) in [6.07, 6.45) is 0. The van der Waals surface area contributed by atoms with E-state index in [9.17, 15) is 0 Å². The van der Waals surface area contributed by atoms with Crippen LogP contribution in [-0.4, -0.2) is 31.6 Å². The lowest BCUT2D eigenvalue weighted by Crippen LogP contribution is -2.39. The lowest BCUT2D eigenvalue weighted by Gasteiger charge is -2.30. The van der Waals surface area contributed by atoms with Crippen LogP contribution in [-0.2, 0) is 0 Å². The number of para-hydroxylation sites is 1. The zero-order valence-corrected chi connectivity index (χ0v) is 13.2. The number of nitrogens with zero attached hydrogens (tertiary/aromatic N) is 1. The summed E-state index contributed by atoms with van der Waals surface area (Å²) in [7, 11) is 4.17. The molecule has 2 aromatic rings. The molecule has 3 heteroatoms. The van der Waals surface area contributed by atoms with Crippen molar-refractivity contribution in [2.45, 2.75) is 32.9 Å². The number of fused-ring (bicyclic) bond motifs is 1. The van der Waals surface area contributed by atoms with Crippen molar-refractivity contribution < 1.29 is 4.42 Å². The summed E-state index contributed by atoms with van der Waals surface area (Å²) in [6, 6.07) is 11.1. The first-order valence-corrected chi connectivity index (χ1v) is 7.39. The van der Waals surface area contributed by atoms with Crippen molar-refractivity contribution in [2.75, 3.05) is 20.6 Å². The molecule has 0 amide bonds. The molecule has 1 aromatic carbocycles. The fourth-order valence-corrected chi connectivity index (χ4v) is 2.46. The van der Waals surface area contributed by atoms with Gasteiger partial charge in [0, 0.05) is 18.0 Å². The van der Waals surface area contributed by atoms with Gasteiger partial charge in [0.25, 0.3) is 0 Å². The Labute approximate surface area is 122 Å². The predicted octanol–water partition coefficient (Wildman–Crippen LogP) is 3.67. The first-order valence-electron chi connectivity index (χ1n) is 7.39. The fraction of sp³-hybridized carbons (Fsp3) is 0.529. The van der Waals surface area contributed by atoms with E-state index in [1.54, 1.807) is 0 Å². The highest BCUT2D eigenvalue weighted by atomic mass is 16.3. The molecule has 2 rings (SSSR count). The van der Waals surface area contributed by atoms with Crippen molar-refractivity contribution in [1.29, 1.82) is 0 Å². The van der Waals surface area contributed by atoms with Gasteiger partial charge in [0.2, 0.25) is 0 Å². The molecule has 0 aliphatic heterocycles. The third kappa shape index (κ3) is 3.22. The van der Waals surface area contributed by atoms with E-state index < -0.39 is 0 Å². The lowest BCUT2D eigenvalue weighted by molar-refractivity contribution is 0.184. The summed E-state index contributed by atoms with van der Waals surface area (Å²) in [5, 5.41) is 4.54. The molecule has 0 aliphatic rings. The molecule has 0 radical (unpaired) electrons. The zero-order valence-electron chi connectivity index (χ0n) is 13.2. The van der Waals surface area contributed by atoms with E-state index >= 15 is 0 Å². The van der Waals surface area contributed by atoms with Crippen molar-refractivity contribution in [3.05, 3.63) is 36.1 Å². The number of benzene rings is 1. The zero-order chi connectivity index (χ0) is 14.7. The summed E-state index contributed by atoms with van der Waals surface area (Å²) in [5.74, 6) is 1.66. The maximum atomic E-state index is 5.97.